The van der Waals surface area contributed by atoms with Gasteiger partial charge in [-0.3, -0.25) is 14.5 Å². The Labute approximate surface area is 223 Å². The monoisotopic (exact) mass is 526 g/mol. The summed E-state index contributed by atoms with van der Waals surface area (Å²) in [4.78, 5) is 43.4. The van der Waals surface area contributed by atoms with Crippen molar-refractivity contribution in [2.75, 3.05) is 39.8 Å². The van der Waals surface area contributed by atoms with Gasteiger partial charge >= 0.3 is 6.03 Å². The average Bonchev–Trinajstić information content (AvgIpc) is 3.42. The van der Waals surface area contributed by atoms with Crippen LogP contribution in [0.2, 0.25) is 0 Å². The van der Waals surface area contributed by atoms with Crippen molar-refractivity contribution in [2.45, 2.75) is 64.0 Å². The van der Waals surface area contributed by atoms with Gasteiger partial charge in [0.2, 0.25) is 17.6 Å². The van der Waals surface area contributed by atoms with E-state index < -0.39 is 11.3 Å². The molecule has 1 aromatic carbocycles. The lowest BCUT2D eigenvalue weighted by molar-refractivity contribution is -0.128. The van der Waals surface area contributed by atoms with Gasteiger partial charge in [-0.2, -0.15) is 0 Å². The molecular weight excluding hydrogens is 488 g/mol. The normalized spacial score (nSPS) is 18.1. The smallest absolute Gasteiger partial charge is 0.318 e. The van der Waals surface area contributed by atoms with Crippen LogP contribution in [0.1, 0.15) is 63.6 Å². The summed E-state index contributed by atoms with van der Waals surface area (Å²) in [6.45, 7) is 8.98. The van der Waals surface area contributed by atoms with Gasteiger partial charge in [0.15, 0.2) is 0 Å². The highest BCUT2D eigenvalue weighted by molar-refractivity contribution is 5.98. The van der Waals surface area contributed by atoms with Gasteiger partial charge in [0.25, 0.3) is 5.89 Å². The zero-order chi connectivity index (χ0) is 27.3. The molecule has 0 atom stereocenters. The minimum atomic E-state index is -1.04. The number of hydrogen-bond acceptors (Lipinski definition) is 8. The second-order valence-corrected chi connectivity index (χ2v) is 11.0. The van der Waals surface area contributed by atoms with E-state index in [-0.39, 0.29) is 35.8 Å². The van der Waals surface area contributed by atoms with E-state index in [1.54, 1.807) is 36.3 Å². The van der Waals surface area contributed by atoms with E-state index in [1.165, 1.54) is 0 Å². The molecule has 11 nitrogen and oxygen atoms in total. The van der Waals surface area contributed by atoms with Gasteiger partial charge in [-0.1, -0.05) is 19.3 Å². The largest absolute Gasteiger partial charge is 0.497 e. The van der Waals surface area contributed by atoms with Gasteiger partial charge in [0.1, 0.15) is 11.3 Å². The van der Waals surface area contributed by atoms with Crippen molar-refractivity contribution in [1.29, 1.82) is 0 Å². The molecule has 2 fully saturated rings. The molecule has 2 N–H and O–H groups in total. The van der Waals surface area contributed by atoms with Gasteiger partial charge in [-0.15, -0.1) is 10.2 Å². The van der Waals surface area contributed by atoms with Crippen LogP contribution in [0.25, 0.3) is 11.5 Å². The number of urea groups is 1. The molecule has 0 spiro atoms. The molecule has 3 amide bonds. The third-order valence-corrected chi connectivity index (χ3v) is 7.41. The van der Waals surface area contributed by atoms with Crippen molar-refractivity contribution in [3.8, 4) is 17.2 Å². The molecule has 38 heavy (non-hydrogen) atoms. The number of benzene rings is 1. The lowest BCUT2D eigenvalue weighted by Gasteiger charge is -2.43. The van der Waals surface area contributed by atoms with Gasteiger partial charge in [-0.25, -0.2) is 4.79 Å². The second kappa shape index (κ2) is 11.5. The first-order chi connectivity index (χ1) is 18.1. The van der Waals surface area contributed by atoms with E-state index in [2.05, 4.69) is 46.5 Å². The number of carbonyl (C=O) groups excluding carboxylic acids is 3. The Morgan fingerprint density at radius 2 is 1.66 bits per heavy atom. The molecule has 0 radical (unpaired) electrons. The summed E-state index contributed by atoms with van der Waals surface area (Å²) in [6, 6.07) is 6.78. The molecule has 2 aliphatic rings. The summed E-state index contributed by atoms with van der Waals surface area (Å²) >= 11 is 0. The molecule has 1 saturated carbocycles. The molecule has 4 rings (SSSR count). The van der Waals surface area contributed by atoms with E-state index in [4.69, 9.17) is 9.15 Å². The molecular formula is C27H38N6O5. The van der Waals surface area contributed by atoms with Crippen LogP contribution < -0.4 is 15.4 Å². The number of piperazine rings is 1. The van der Waals surface area contributed by atoms with Crippen LogP contribution in [-0.2, 0) is 4.79 Å². The van der Waals surface area contributed by atoms with E-state index >= 15 is 0 Å². The number of carbonyl (C=O) groups is 3. The van der Waals surface area contributed by atoms with Crippen molar-refractivity contribution in [2.24, 2.45) is 0 Å². The highest BCUT2D eigenvalue weighted by Crippen LogP contribution is 2.29. The third-order valence-electron chi connectivity index (χ3n) is 7.41. The topological polar surface area (TPSA) is 130 Å². The molecule has 0 bridgehead atoms. The third kappa shape index (κ3) is 6.32. The number of aromatic nitrogens is 2. The Morgan fingerprint density at radius 1 is 1.00 bits per heavy atom. The maximum Gasteiger partial charge on any atom is 0.318 e. The van der Waals surface area contributed by atoms with Crippen molar-refractivity contribution in [3.63, 3.8) is 0 Å². The fraction of sp³-hybridized carbons (Fsp3) is 0.593. The summed E-state index contributed by atoms with van der Waals surface area (Å²) < 4.78 is 10.7. The number of rotatable bonds is 7. The van der Waals surface area contributed by atoms with Crippen molar-refractivity contribution >= 4 is 17.7 Å². The quantitative estimate of drug-likeness (QED) is 0.527. The summed E-state index contributed by atoms with van der Waals surface area (Å²) in [6.07, 6.45) is 3.72. The van der Waals surface area contributed by atoms with E-state index in [1.807, 2.05) is 0 Å². The number of amides is 3. The maximum atomic E-state index is 13.4. The van der Waals surface area contributed by atoms with E-state index in [9.17, 15) is 14.4 Å². The van der Waals surface area contributed by atoms with Crippen molar-refractivity contribution in [1.82, 2.24) is 30.6 Å². The molecule has 11 heteroatoms. The van der Waals surface area contributed by atoms with Gasteiger partial charge in [-0.05, 0) is 57.9 Å². The van der Waals surface area contributed by atoms with Crippen molar-refractivity contribution in [3.05, 3.63) is 30.2 Å². The standard InChI is InChI=1S/C27H38N6O5/c1-26(2,3)33-16-14-32(15-17-33)25(36)29-27(12-6-5-7-13-27)24(35)28-18-21(34)23-31-30-22(38-23)19-8-10-20(37-4)11-9-19/h8-11H,5-7,12-18H2,1-4H3,(H,28,35)(H,29,36). The second-order valence-electron chi connectivity index (χ2n) is 11.0. The van der Waals surface area contributed by atoms with Crippen LogP contribution in [0.5, 0.6) is 5.75 Å². The summed E-state index contributed by atoms with van der Waals surface area (Å²) in [7, 11) is 1.57. The maximum absolute atomic E-state index is 13.4. The fourth-order valence-electron chi connectivity index (χ4n) is 5.02. The first-order valence-corrected chi connectivity index (χ1v) is 13.2. The van der Waals surface area contributed by atoms with E-state index in [0.717, 1.165) is 32.4 Å². The van der Waals surface area contributed by atoms with Crippen LogP contribution in [0.3, 0.4) is 0 Å². The molecule has 206 valence electrons. The first kappa shape index (κ1) is 27.6. The Morgan fingerprint density at radius 3 is 2.26 bits per heavy atom. The lowest BCUT2D eigenvalue weighted by atomic mass is 9.81. The number of ketones is 1. The lowest BCUT2D eigenvalue weighted by Crippen LogP contribution is -2.64. The number of nitrogens with one attached hydrogen (secondary N) is 2. The van der Waals surface area contributed by atoms with Gasteiger partial charge in [0.05, 0.1) is 13.7 Å². The minimum Gasteiger partial charge on any atom is -0.497 e. The fourth-order valence-corrected chi connectivity index (χ4v) is 5.02. The Hall–Kier alpha value is -3.47. The molecule has 2 aromatic rings. The number of nitrogens with zero attached hydrogens (tertiary/aromatic N) is 4. The number of Topliss-reactive ketones (excluding diaryl/α,β-unsaturated/α-hetero) is 1. The Bertz CT molecular complexity index is 1130. The Balaban J connectivity index is 1.35. The van der Waals surface area contributed by atoms with Crippen LogP contribution >= 0.6 is 0 Å². The molecule has 1 aliphatic carbocycles. The number of ether oxygens (including phenoxy) is 1. The first-order valence-electron chi connectivity index (χ1n) is 13.2. The van der Waals surface area contributed by atoms with E-state index in [0.29, 0.717) is 37.2 Å². The predicted octanol–water partition coefficient (Wildman–Crippen LogP) is 2.87. The summed E-state index contributed by atoms with van der Waals surface area (Å²) in [5, 5.41) is 13.5. The molecule has 0 unspecified atom stereocenters. The van der Waals surface area contributed by atoms with Gasteiger partial charge < -0.3 is 24.7 Å². The zero-order valence-corrected chi connectivity index (χ0v) is 22.7. The molecule has 1 saturated heterocycles. The summed E-state index contributed by atoms with van der Waals surface area (Å²) in [5.74, 6) is -0.161. The van der Waals surface area contributed by atoms with Crippen LogP contribution in [0, 0.1) is 0 Å². The number of hydrogen-bond donors (Lipinski definition) is 2. The highest BCUT2D eigenvalue weighted by atomic mass is 16.5. The SMILES string of the molecule is COc1ccc(-c2nnc(C(=O)CNC(=O)C3(NC(=O)N4CCN(C(C)(C)C)CC4)CCCCC3)o2)cc1. The average molecular weight is 527 g/mol. The molecule has 1 aliphatic heterocycles. The van der Waals surface area contributed by atoms with Crippen LogP contribution in [0.15, 0.2) is 28.7 Å². The Kier molecular flexibility index (Phi) is 8.35. The molecule has 1 aromatic heterocycles. The summed E-state index contributed by atoms with van der Waals surface area (Å²) in [5.41, 5.74) is -0.346. The van der Waals surface area contributed by atoms with Gasteiger partial charge in [0, 0.05) is 37.3 Å². The number of methoxy groups -OCH3 is 1. The van der Waals surface area contributed by atoms with Crippen molar-refractivity contribution < 1.29 is 23.5 Å². The molecule has 2 heterocycles. The van der Waals surface area contributed by atoms with Crippen LogP contribution in [-0.4, -0.2) is 88.6 Å². The predicted molar refractivity (Wildman–Crippen MR) is 141 cm³/mol. The van der Waals surface area contributed by atoms with Crippen LogP contribution in [0.4, 0.5) is 4.79 Å². The zero-order valence-electron chi connectivity index (χ0n) is 22.7. The highest BCUT2D eigenvalue weighted by Gasteiger charge is 2.42. The minimum absolute atomic E-state index is 0.0490.